The number of nitrogens with two attached hydrogens (primary N) is 1. The van der Waals surface area contributed by atoms with Crippen LogP contribution in [0.4, 0.5) is 5.82 Å². The Labute approximate surface area is 168 Å². The number of likely N-dealkylation sites (tertiary alicyclic amines) is 1. The molecule has 150 valence electrons. The summed E-state index contributed by atoms with van der Waals surface area (Å²) in [5.41, 5.74) is 6.42. The van der Waals surface area contributed by atoms with E-state index in [0.29, 0.717) is 17.8 Å². The molecule has 2 saturated heterocycles. The van der Waals surface area contributed by atoms with Gasteiger partial charge in [0.25, 0.3) is 5.91 Å². The van der Waals surface area contributed by atoms with Crippen LogP contribution in [-0.2, 0) is 4.79 Å². The van der Waals surface area contributed by atoms with Crippen molar-refractivity contribution in [2.45, 2.75) is 57.9 Å². The minimum absolute atomic E-state index is 0.111. The van der Waals surface area contributed by atoms with Gasteiger partial charge in [0.1, 0.15) is 23.0 Å². The van der Waals surface area contributed by atoms with Gasteiger partial charge < -0.3 is 15.5 Å². The molecule has 2 aliphatic heterocycles. The Morgan fingerprint density at radius 1 is 1.07 bits per heavy atom. The molecule has 0 spiro atoms. The predicted molar refractivity (Wildman–Crippen MR) is 111 cm³/mol. The fourth-order valence-electron chi connectivity index (χ4n) is 4.39. The molecule has 4 rings (SSSR count). The lowest BCUT2D eigenvalue weighted by Crippen LogP contribution is -2.43. The van der Waals surface area contributed by atoms with E-state index in [9.17, 15) is 9.59 Å². The highest BCUT2D eigenvalue weighted by Crippen LogP contribution is 2.37. The Kier molecular flexibility index (Phi) is 5.48. The van der Waals surface area contributed by atoms with Gasteiger partial charge in [-0.05, 0) is 38.2 Å². The average molecular weight is 402 g/mol. The molecule has 0 bridgehead atoms. The zero-order valence-corrected chi connectivity index (χ0v) is 17.1. The molecule has 0 saturated carbocycles. The van der Waals surface area contributed by atoms with Gasteiger partial charge in [0.15, 0.2) is 0 Å². The molecule has 4 heterocycles. The first-order chi connectivity index (χ1) is 13.6. The first kappa shape index (κ1) is 19.1. The van der Waals surface area contributed by atoms with Crippen LogP contribution >= 0.6 is 11.3 Å². The molecule has 0 aromatic carbocycles. The lowest BCUT2D eigenvalue weighted by Gasteiger charge is -2.26. The minimum atomic E-state index is -0.503. The van der Waals surface area contributed by atoms with Crippen LogP contribution < -0.4 is 10.6 Å². The van der Waals surface area contributed by atoms with Crippen molar-refractivity contribution >= 4 is 39.2 Å². The van der Waals surface area contributed by atoms with Crippen LogP contribution in [0.3, 0.4) is 0 Å². The second kappa shape index (κ2) is 8.03. The van der Waals surface area contributed by atoms with Crippen LogP contribution in [0.1, 0.15) is 60.2 Å². The molecule has 0 aliphatic carbocycles. The number of fused-ring (bicyclic) bond motifs is 1. The first-order valence-corrected chi connectivity index (χ1v) is 11.0. The summed E-state index contributed by atoms with van der Waals surface area (Å²) >= 11 is 1.40. The molecule has 0 unspecified atom stereocenters. The highest BCUT2D eigenvalue weighted by molar-refractivity contribution is 7.20. The molecule has 28 heavy (non-hydrogen) atoms. The molecular formula is C20H27N5O2S. The normalized spacial score (nSPS) is 21.0. The van der Waals surface area contributed by atoms with Crippen LogP contribution in [0.5, 0.6) is 0 Å². The highest BCUT2D eigenvalue weighted by atomic mass is 32.1. The number of primary amides is 1. The lowest BCUT2D eigenvalue weighted by atomic mass is 10.1. The second-order valence-electron chi connectivity index (χ2n) is 7.75. The van der Waals surface area contributed by atoms with Gasteiger partial charge >= 0.3 is 0 Å². The van der Waals surface area contributed by atoms with Gasteiger partial charge in [-0.1, -0.05) is 19.3 Å². The smallest absolute Gasteiger partial charge is 0.264 e. The van der Waals surface area contributed by atoms with E-state index in [0.717, 1.165) is 53.9 Å². The van der Waals surface area contributed by atoms with Gasteiger partial charge in [-0.25, -0.2) is 9.97 Å². The van der Waals surface area contributed by atoms with Gasteiger partial charge in [0.05, 0.1) is 10.3 Å². The van der Waals surface area contributed by atoms with Crippen molar-refractivity contribution in [3.8, 4) is 0 Å². The maximum absolute atomic E-state index is 13.2. The zero-order chi connectivity index (χ0) is 19.7. The zero-order valence-electron chi connectivity index (χ0n) is 16.3. The largest absolute Gasteiger partial charge is 0.368 e. The Balaban J connectivity index is 1.71. The average Bonchev–Trinajstić information content (AvgIpc) is 3.26. The van der Waals surface area contributed by atoms with Crippen LogP contribution in [0.15, 0.2) is 6.33 Å². The van der Waals surface area contributed by atoms with E-state index in [4.69, 9.17) is 5.73 Å². The summed E-state index contributed by atoms with van der Waals surface area (Å²) in [6.45, 7) is 4.52. The maximum atomic E-state index is 13.2. The molecule has 2 fully saturated rings. The molecule has 2 aliphatic rings. The molecule has 7 nitrogen and oxygen atoms in total. The topological polar surface area (TPSA) is 92.4 Å². The Morgan fingerprint density at radius 3 is 2.50 bits per heavy atom. The number of carbonyl (C=O) groups excluding carboxylic acids is 2. The van der Waals surface area contributed by atoms with E-state index in [-0.39, 0.29) is 5.91 Å². The van der Waals surface area contributed by atoms with Crippen molar-refractivity contribution in [1.82, 2.24) is 14.9 Å². The molecule has 2 amide bonds. The third kappa shape index (κ3) is 3.45. The summed E-state index contributed by atoms with van der Waals surface area (Å²) in [6.07, 6.45) is 9.18. The van der Waals surface area contributed by atoms with Gasteiger partial charge in [0, 0.05) is 19.6 Å². The number of rotatable bonds is 3. The van der Waals surface area contributed by atoms with E-state index in [1.165, 1.54) is 30.6 Å². The predicted octanol–water partition coefficient (Wildman–Crippen LogP) is 2.86. The molecular weight excluding hydrogens is 374 g/mol. The fraction of sp³-hybridized carbons (Fsp3) is 0.600. The number of thiophene rings is 1. The Morgan fingerprint density at radius 2 is 1.79 bits per heavy atom. The molecule has 2 aromatic rings. The number of aromatic nitrogens is 2. The van der Waals surface area contributed by atoms with E-state index in [1.54, 1.807) is 11.2 Å². The molecule has 2 N–H and O–H groups in total. The third-order valence-corrected chi connectivity index (χ3v) is 7.09. The fourth-order valence-corrected chi connectivity index (χ4v) is 5.49. The van der Waals surface area contributed by atoms with Crippen LogP contribution in [0.25, 0.3) is 10.2 Å². The molecule has 8 heteroatoms. The molecule has 1 atom stereocenters. The van der Waals surface area contributed by atoms with Gasteiger partial charge in [-0.3, -0.25) is 9.59 Å². The number of amides is 2. The number of anilines is 1. The van der Waals surface area contributed by atoms with Crippen LogP contribution in [0, 0.1) is 6.92 Å². The Bertz CT molecular complexity index is 888. The molecule has 2 aromatic heterocycles. The monoisotopic (exact) mass is 401 g/mol. The van der Waals surface area contributed by atoms with E-state index < -0.39 is 11.9 Å². The van der Waals surface area contributed by atoms with Crippen molar-refractivity contribution in [2.75, 3.05) is 24.5 Å². The van der Waals surface area contributed by atoms with Gasteiger partial charge in [-0.2, -0.15) is 0 Å². The standard InChI is InChI=1S/C20H27N5O2S/c1-13-15-18(24-9-5-3-2-4-6-10-24)22-12-23-19(15)28-16(13)20(27)25-11-7-8-14(25)17(21)26/h12,14H,2-11H2,1H3,(H2,21,26)/t14-/m0/s1. The third-order valence-electron chi connectivity index (χ3n) is 5.90. The number of aryl methyl sites for hydroxylation is 1. The van der Waals surface area contributed by atoms with Crippen molar-refractivity contribution in [3.63, 3.8) is 0 Å². The number of nitrogens with zero attached hydrogens (tertiary/aromatic N) is 4. The number of carbonyl (C=O) groups is 2. The van der Waals surface area contributed by atoms with E-state index >= 15 is 0 Å². The summed E-state index contributed by atoms with van der Waals surface area (Å²) in [6, 6.07) is -0.503. The molecule has 0 radical (unpaired) electrons. The van der Waals surface area contributed by atoms with E-state index in [1.807, 2.05) is 6.92 Å². The first-order valence-electron chi connectivity index (χ1n) is 10.2. The van der Waals surface area contributed by atoms with Gasteiger partial charge in [0.2, 0.25) is 5.91 Å². The van der Waals surface area contributed by atoms with E-state index in [2.05, 4.69) is 14.9 Å². The van der Waals surface area contributed by atoms with Crippen molar-refractivity contribution in [2.24, 2.45) is 5.73 Å². The van der Waals surface area contributed by atoms with Crippen molar-refractivity contribution < 1.29 is 9.59 Å². The number of hydrogen-bond donors (Lipinski definition) is 1. The van der Waals surface area contributed by atoms with Crippen molar-refractivity contribution in [3.05, 3.63) is 16.8 Å². The second-order valence-corrected chi connectivity index (χ2v) is 8.75. The van der Waals surface area contributed by atoms with Crippen LogP contribution in [0.2, 0.25) is 0 Å². The summed E-state index contributed by atoms with van der Waals surface area (Å²) in [5, 5.41) is 0.978. The maximum Gasteiger partial charge on any atom is 0.264 e. The van der Waals surface area contributed by atoms with Crippen molar-refractivity contribution in [1.29, 1.82) is 0 Å². The van der Waals surface area contributed by atoms with Crippen LogP contribution in [-0.4, -0.2) is 52.4 Å². The minimum Gasteiger partial charge on any atom is -0.368 e. The lowest BCUT2D eigenvalue weighted by molar-refractivity contribution is -0.121. The summed E-state index contributed by atoms with van der Waals surface area (Å²) in [5.74, 6) is 0.402. The SMILES string of the molecule is Cc1c(C(=O)N2CCC[C@H]2C(N)=O)sc2ncnc(N3CCCCCCC3)c12. The Hall–Kier alpha value is -2.22. The number of hydrogen-bond acceptors (Lipinski definition) is 6. The quantitative estimate of drug-likeness (QED) is 0.854. The summed E-state index contributed by atoms with van der Waals surface area (Å²) in [4.78, 5) is 39.4. The highest BCUT2D eigenvalue weighted by Gasteiger charge is 2.35. The summed E-state index contributed by atoms with van der Waals surface area (Å²) < 4.78 is 0. The van der Waals surface area contributed by atoms with Gasteiger partial charge in [-0.15, -0.1) is 11.3 Å². The summed E-state index contributed by atoms with van der Waals surface area (Å²) in [7, 11) is 0.